The summed E-state index contributed by atoms with van der Waals surface area (Å²) in [5.41, 5.74) is -0.0856. The number of aromatic nitrogens is 2. The van der Waals surface area contributed by atoms with Crippen LogP contribution in [-0.4, -0.2) is 21.0 Å². The summed E-state index contributed by atoms with van der Waals surface area (Å²) in [4.78, 5) is 17.0. The number of rotatable bonds is 1. The smallest absolute Gasteiger partial charge is 0.356 e. The zero-order chi connectivity index (χ0) is 6.69. The Morgan fingerprint density at radius 1 is 1.78 bits per heavy atom. The summed E-state index contributed by atoms with van der Waals surface area (Å²) < 4.78 is 0. The third-order valence-electron chi connectivity index (χ3n) is 0.733. The van der Waals surface area contributed by atoms with Crippen molar-refractivity contribution in [2.75, 3.05) is 0 Å². The van der Waals surface area contributed by atoms with Gasteiger partial charge in [-0.3, -0.25) is 4.98 Å². The van der Waals surface area contributed by atoms with Crippen LogP contribution in [0.25, 0.3) is 0 Å². The van der Waals surface area contributed by atoms with Crippen molar-refractivity contribution >= 4 is 5.97 Å². The van der Waals surface area contributed by atoms with Crippen molar-refractivity contribution in [3.8, 4) is 0 Å². The first-order valence-corrected chi connectivity index (χ1v) is 2.22. The van der Waals surface area contributed by atoms with Gasteiger partial charge >= 0.3 is 5.97 Å². The predicted molar refractivity (Wildman–Crippen MR) is 27.8 cm³/mol. The largest absolute Gasteiger partial charge is 0.476 e. The molecule has 0 saturated heterocycles. The third-order valence-corrected chi connectivity index (χ3v) is 0.733. The molecule has 4 nitrogen and oxygen atoms in total. The van der Waals surface area contributed by atoms with E-state index in [1.165, 1.54) is 12.4 Å². The minimum Gasteiger partial charge on any atom is -0.476 e. The van der Waals surface area contributed by atoms with Crippen LogP contribution in [0.3, 0.4) is 0 Å². The molecule has 0 fully saturated rings. The first-order valence-electron chi connectivity index (χ1n) is 2.22. The number of hydrogen-bond donors (Lipinski definition) is 1. The van der Waals surface area contributed by atoms with E-state index in [2.05, 4.69) is 16.2 Å². The number of carbonyl (C=O) groups is 1. The van der Waals surface area contributed by atoms with Gasteiger partial charge in [-0.05, 0) is 0 Å². The molecule has 1 aromatic heterocycles. The molecule has 1 heterocycles. The van der Waals surface area contributed by atoms with Crippen LogP contribution in [0.2, 0.25) is 0 Å². The maximum atomic E-state index is 10.1. The van der Waals surface area contributed by atoms with Crippen molar-refractivity contribution in [3.63, 3.8) is 0 Å². The SMILES string of the molecule is O=C(O)c1cnc[c]n1. The molecule has 0 aromatic carbocycles. The average molecular weight is 123 g/mol. The van der Waals surface area contributed by atoms with E-state index >= 15 is 0 Å². The molecule has 0 saturated carbocycles. The number of nitrogens with zero attached hydrogens (tertiary/aromatic N) is 2. The molecule has 45 valence electrons. The van der Waals surface area contributed by atoms with Crippen LogP contribution in [-0.2, 0) is 0 Å². The summed E-state index contributed by atoms with van der Waals surface area (Å²) >= 11 is 0. The van der Waals surface area contributed by atoms with Gasteiger partial charge in [0.25, 0.3) is 0 Å². The number of carboxylic acid groups (broad SMARTS) is 1. The zero-order valence-electron chi connectivity index (χ0n) is 4.40. The van der Waals surface area contributed by atoms with E-state index in [-0.39, 0.29) is 5.69 Å². The molecule has 0 aliphatic carbocycles. The number of carboxylic acids is 1. The van der Waals surface area contributed by atoms with Crippen molar-refractivity contribution in [2.45, 2.75) is 0 Å². The molecule has 9 heavy (non-hydrogen) atoms. The highest BCUT2D eigenvalue weighted by Gasteiger charge is 2.00. The number of hydrogen-bond acceptors (Lipinski definition) is 3. The van der Waals surface area contributed by atoms with Crippen molar-refractivity contribution < 1.29 is 9.90 Å². The summed E-state index contributed by atoms with van der Waals surface area (Å²) in [5.74, 6) is -1.08. The van der Waals surface area contributed by atoms with Crippen LogP contribution in [0.1, 0.15) is 10.5 Å². The topological polar surface area (TPSA) is 63.1 Å². The zero-order valence-corrected chi connectivity index (χ0v) is 4.40. The van der Waals surface area contributed by atoms with Gasteiger partial charge in [0.05, 0.1) is 12.4 Å². The molecule has 1 aromatic rings. The van der Waals surface area contributed by atoms with Gasteiger partial charge in [-0.2, -0.15) is 0 Å². The first kappa shape index (κ1) is 5.68. The monoisotopic (exact) mass is 123 g/mol. The van der Waals surface area contributed by atoms with E-state index in [1.54, 1.807) is 0 Å². The summed E-state index contributed by atoms with van der Waals surface area (Å²) in [6, 6.07) is 0. The van der Waals surface area contributed by atoms with E-state index in [9.17, 15) is 4.79 Å². The molecule has 0 bridgehead atoms. The van der Waals surface area contributed by atoms with E-state index in [0.29, 0.717) is 0 Å². The van der Waals surface area contributed by atoms with Crippen LogP contribution < -0.4 is 0 Å². The third kappa shape index (κ3) is 1.22. The predicted octanol–water partition coefficient (Wildman–Crippen LogP) is -0.0250. The van der Waals surface area contributed by atoms with Gasteiger partial charge in [0, 0.05) is 0 Å². The highest BCUT2D eigenvalue weighted by atomic mass is 16.4. The molecule has 4 heteroatoms. The molecule has 1 N–H and O–H groups in total. The Bertz CT molecular complexity index is 209. The highest BCUT2D eigenvalue weighted by Crippen LogP contribution is 1.86. The Morgan fingerprint density at radius 3 is 2.89 bits per heavy atom. The van der Waals surface area contributed by atoms with Gasteiger partial charge < -0.3 is 5.11 Å². The molecular weight excluding hydrogens is 120 g/mol. The van der Waals surface area contributed by atoms with Crippen LogP contribution in [0.15, 0.2) is 12.4 Å². The normalized spacial score (nSPS) is 8.89. The van der Waals surface area contributed by atoms with E-state index < -0.39 is 5.97 Å². The van der Waals surface area contributed by atoms with E-state index in [1.807, 2.05) is 0 Å². The average Bonchev–Trinajstić information content (AvgIpc) is 1.90. The van der Waals surface area contributed by atoms with Crippen molar-refractivity contribution in [1.82, 2.24) is 9.97 Å². The lowest BCUT2D eigenvalue weighted by Gasteiger charge is -1.85. The second kappa shape index (κ2) is 2.21. The molecule has 0 atom stereocenters. The van der Waals surface area contributed by atoms with E-state index in [0.717, 1.165) is 0 Å². The second-order valence-electron chi connectivity index (χ2n) is 1.34. The maximum Gasteiger partial charge on any atom is 0.356 e. The van der Waals surface area contributed by atoms with Gasteiger partial charge in [-0.25, -0.2) is 9.78 Å². The first-order chi connectivity index (χ1) is 4.30. The van der Waals surface area contributed by atoms with Crippen LogP contribution >= 0.6 is 0 Å². The van der Waals surface area contributed by atoms with Gasteiger partial charge in [0.15, 0.2) is 5.69 Å². The van der Waals surface area contributed by atoms with Gasteiger partial charge in [-0.15, -0.1) is 0 Å². The summed E-state index contributed by atoms with van der Waals surface area (Å²) in [7, 11) is 0. The number of aromatic carboxylic acids is 1. The molecular formula is C5H3N2O2. The van der Waals surface area contributed by atoms with Crippen molar-refractivity contribution in [2.24, 2.45) is 0 Å². The Balaban J connectivity index is 2.98. The molecule has 0 unspecified atom stereocenters. The Labute approximate surface area is 51.2 Å². The molecule has 1 rings (SSSR count). The highest BCUT2D eigenvalue weighted by molar-refractivity contribution is 5.84. The maximum absolute atomic E-state index is 10.1. The standard InChI is InChI=1S/C5H3N2O2/c8-5(9)4-3-6-1-2-7-4/h1,3H,(H,8,9). The summed E-state index contributed by atoms with van der Waals surface area (Å²) in [5, 5.41) is 8.26. The summed E-state index contributed by atoms with van der Waals surface area (Å²) in [6.07, 6.45) is 4.76. The quantitative estimate of drug-likeness (QED) is 0.569. The fraction of sp³-hybridized carbons (Fsp3) is 0. The van der Waals surface area contributed by atoms with Gasteiger partial charge in [0.2, 0.25) is 0 Å². The fourth-order valence-electron chi connectivity index (χ4n) is 0.372. The lowest BCUT2D eigenvalue weighted by molar-refractivity contribution is 0.0690. The minimum atomic E-state index is -1.08. The van der Waals surface area contributed by atoms with Crippen LogP contribution in [0.4, 0.5) is 0 Å². The summed E-state index contributed by atoms with van der Waals surface area (Å²) in [6.45, 7) is 0. The molecule has 0 amide bonds. The second-order valence-corrected chi connectivity index (χ2v) is 1.34. The Kier molecular flexibility index (Phi) is 1.40. The van der Waals surface area contributed by atoms with Crippen LogP contribution in [0, 0.1) is 6.20 Å². The fourth-order valence-corrected chi connectivity index (χ4v) is 0.372. The molecule has 0 aliphatic rings. The lowest BCUT2D eigenvalue weighted by atomic mass is 10.5. The van der Waals surface area contributed by atoms with Gasteiger partial charge in [-0.1, -0.05) is 0 Å². The minimum absolute atomic E-state index is 0.0856. The van der Waals surface area contributed by atoms with Crippen molar-refractivity contribution in [1.29, 1.82) is 0 Å². The lowest BCUT2D eigenvalue weighted by Crippen LogP contribution is -1.99. The Hall–Kier alpha value is -1.45. The molecule has 0 spiro atoms. The molecule has 0 aliphatic heterocycles. The van der Waals surface area contributed by atoms with Crippen molar-refractivity contribution in [3.05, 3.63) is 24.3 Å². The molecule has 1 radical (unpaired) electrons. The van der Waals surface area contributed by atoms with Crippen LogP contribution in [0.5, 0.6) is 0 Å². The van der Waals surface area contributed by atoms with E-state index in [4.69, 9.17) is 5.11 Å². The Morgan fingerprint density at radius 2 is 2.56 bits per heavy atom. The van der Waals surface area contributed by atoms with Gasteiger partial charge in [0.1, 0.15) is 6.20 Å².